The lowest BCUT2D eigenvalue weighted by molar-refractivity contribution is 0.741. The fraction of sp³-hybridized carbons (Fsp3) is 0.167. The van der Waals surface area contributed by atoms with Crippen LogP contribution in [-0.2, 0) is 0 Å². The van der Waals surface area contributed by atoms with Crippen molar-refractivity contribution in [3.05, 3.63) is 138 Å². The van der Waals surface area contributed by atoms with Crippen LogP contribution in [0.2, 0.25) is 13.0 Å². The Kier molecular flexibility index (Phi) is 3.78. The molecule has 3 heterocycles. The molecule has 2 atom stereocenters. The number of hydrogen-bond donors (Lipinski definition) is 0. The summed E-state index contributed by atoms with van der Waals surface area (Å²) in [5.74, 6) is 0.592. The second-order valence-electron chi connectivity index (χ2n) is 12.1. The fourth-order valence-electron chi connectivity index (χ4n) is 7.15. The van der Waals surface area contributed by atoms with Crippen LogP contribution in [0.5, 0.6) is 0 Å². The Morgan fingerprint density at radius 2 is 1.40 bits per heavy atom. The third kappa shape index (κ3) is 4.22. The van der Waals surface area contributed by atoms with Gasteiger partial charge >= 0.3 is 0 Å². The summed E-state index contributed by atoms with van der Waals surface area (Å²) in [6.45, 7) is -14.6. The van der Waals surface area contributed by atoms with Crippen LogP contribution in [0.15, 0.2) is 136 Å². The van der Waals surface area contributed by atoms with Crippen LogP contribution in [-0.4, -0.2) is 26.1 Å². The maximum absolute atomic E-state index is 8.79. The first kappa shape index (κ1) is 17.0. The van der Waals surface area contributed by atoms with E-state index < -0.39 is 41.6 Å². The SMILES string of the molecule is [2H]C([2H])([2H])c1cc(N2C3=NC4C=CC=CC4N3c3ccccc32)ccc1-c1cc(C([2H])([2H])[2H])c(-c2cccc3c2Sc2ccccc2[Si]3(C([2H])([2H])[2H])C([2H])([2H])[2H])cc1C([2H])([2H])[2H]. The zero-order valence-electron chi connectivity index (χ0n) is 40.0. The molecule has 47 heavy (non-hydrogen) atoms. The first-order chi connectivity index (χ1) is 28.9. The van der Waals surface area contributed by atoms with E-state index in [-0.39, 0.29) is 66.3 Å². The number of guanidine groups is 1. The first-order valence-electron chi connectivity index (χ1n) is 22.8. The van der Waals surface area contributed by atoms with Crippen molar-refractivity contribution >= 4 is 53.2 Å². The predicted molar refractivity (Wildman–Crippen MR) is 203 cm³/mol. The zero-order chi connectivity index (χ0) is 44.5. The Morgan fingerprint density at radius 1 is 0.681 bits per heavy atom. The van der Waals surface area contributed by atoms with E-state index in [1.807, 2.05) is 47.4 Å². The van der Waals surface area contributed by atoms with E-state index in [9.17, 15) is 0 Å². The molecule has 0 saturated carbocycles. The van der Waals surface area contributed by atoms with E-state index in [0.717, 1.165) is 23.1 Å². The zero-order valence-corrected chi connectivity index (χ0v) is 26.8. The summed E-state index contributed by atoms with van der Waals surface area (Å²) in [5.41, 5.74) is 1.17. The molecule has 5 heteroatoms. The monoisotopic (exact) mass is 658 g/mol. The highest BCUT2D eigenvalue weighted by molar-refractivity contribution is 8.00. The van der Waals surface area contributed by atoms with E-state index >= 15 is 0 Å². The molecule has 0 radical (unpaired) electrons. The van der Waals surface area contributed by atoms with Gasteiger partial charge in [-0.1, -0.05) is 116 Å². The van der Waals surface area contributed by atoms with E-state index in [1.54, 1.807) is 30.3 Å². The van der Waals surface area contributed by atoms with Gasteiger partial charge in [-0.2, -0.15) is 0 Å². The maximum atomic E-state index is 8.79. The van der Waals surface area contributed by atoms with Crippen molar-refractivity contribution in [2.75, 3.05) is 9.80 Å². The van der Waals surface area contributed by atoms with Crippen molar-refractivity contribution in [1.29, 1.82) is 0 Å². The summed E-state index contributed by atoms with van der Waals surface area (Å²) >= 11 is 1.11. The van der Waals surface area contributed by atoms with Gasteiger partial charge in [0.1, 0.15) is 8.07 Å². The van der Waals surface area contributed by atoms with Crippen molar-refractivity contribution in [2.24, 2.45) is 4.99 Å². The van der Waals surface area contributed by atoms with Gasteiger partial charge in [-0.15, -0.1) is 0 Å². The Balaban J connectivity index is 1.27. The van der Waals surface area contributed by atoms with Crippen molar-refractivity contribution < 1.29 is 20.6 Å². The number of benzene rings is 5. The van der Waals surface area contributed by atoms with Crippen LogP contribution in [0.4, 0.5) is 17.1 Å². The molecule has 0 bridgehead atoms. The van der Waals surface area contributed by atoms with Gasteiger partial charge in [-0.25, -0.2) is 4.99 Å². The van der Waals surface area contributed by atoms with Crippen molar-refractivity contribution in [2.45, 2.75) is 55.4 Å². The van der Waals surface area contributed by atoms with Crippen LogP contribution >= 0.6 is 11.8 Å². The number of para-hydroxylation sites is 2. The minimum absolute atomic E-state index is 0.0104. The number of allylic oxidation sites excluding steroid dienone is 2. The predicted octanol–water partition coefficient (Wildman–Crippen LogP) is 9.42. The van der Waals surface area contributed by atoms with Gasteiger partial charge in [0.25, 0.3) is 0 Å². The summed E-state index contributed by atoms with van der Waals surface area (Å²) in [7, 11) is -4.71. The van der Waals surface area contributed by atoms with Gasteiger partial charge in [0, 0.05) is 36.0 Å². The second kappa shape index (κ2) is 10.5. The third-order valence-electron chi connectivity index (χ3n) is 9.36. The van der Waals surface area contributed by atoms with Crippen LogP contribution in [0.1, 0.15) is 37.3 Å². The van der Waals surface area contributed by atoms with E-state index in [2.05, 4.69) is 11.0 Å². The molecule has 5 aromatic rings. The van der Waals surface area contributed by atoms with Crippen LogP contribution in [0, 0.1) is 20.6 Å². The molecule has 3 aliphatic heterocycles. The summed E-state index contributed by atoms with van der Waals surface area (Å²) in [5, 5.41) is 0.275. The highest BCUT2D eigenvalue weighted by Gasteiger charge is 2.44. The number of anilines is 3. The summed E-state index contributed by atoms with van der Waals surface area (Å²) in [6, 6.07) is 25.4. The van der Waals surface area contributed by atoms with Gasteiger partial charge in [-0.3, -0.25) is 4.90 Å². The Morgan fingerprint density at radius 3 is 2.23 bits per heavy atom. The van der Waals surface area contributed by atoms with E-state index in [1.165, 1.54) is 42.5 Å². The topological polar surface area (TPSA) is 18.8 Å². The molecule has 1 aliphatic carbocycles. The molecule has 4 aliphatic rings. The number of fused-ring (bicyclic) bond motifs is 7. The summed E-state index contributed by atoms with van der Waals surface area (Å²) in [4.78, 5) is 9.59. The molecular formula is C42H37N3SSi. The molecular weight excluding hydrogens is 607 g/mol. The lowest BCUT2D eigenvalue weighted by atomic mass is 9.90. The first-order valence-corrected chi connectivity index (χ1v) is 18.1. The Labute approximate surface area is 304 Å². The van der Waals surface area contributed by atoms with Crippen LogP contribution in [0.25, 0.3) is 22.3 Å². The molecule has 3 nitrogen and oxygen atoms in total. The maximum Gasteiger partial charge on any atom is 0.211 e. The second-order valence-corrected chi connectivity index (χ2v) is 15.7. The van der Waals surface area contributed by atoms with Crippen molar-refractivity contribution in [3.8, 4) is 22.3 Å². The van der Waals surface area contributed by atoms with E-state index in [0.29, 0.717) is 16.5 Å². The van der Waals surface area contributed by atoms with Crippen molar-refractivity contribution in [3.63, 3.8) is 0 Å². The highest BCUT2D eigenvalue weighted by atomic mass is 32.2. The lowest BCUT2D eigenvalue weighted by Crippen LogP contribution is -2.56. The molecule has 0 fully saturated rings. The van der Waals surface area contributed by atoms with Gasteiger partial charge < -0.3 is 4.90 Å². The standard InChI is InChI=1S/C42H37N3SSi/c1-26-23-29(44-36-16-8-9-17-37(36)45-35-15-7-6-14-34(35)43-42(44)45)21-22-30(26)32-24-28(3)33(25-27(32)2)31-13-12-20-40-41(31)46-38-18-10-11-19-39(38)47(40,4)5/h6-25,34-35H,1-5H3/i1D3,2D3,3D3,4D3,5D3. The molecule has 230 valence electrons. The van der Waals surface area contributed by atoms with E-state index in [4.69, 9.17) is 25.6 Å². The summed E-state index contributed by atoms with van der Waals surface area (Å²) in [6.07, 6.45) is 7.95. The number of nitrogens with zero attached hydrogens (tertiary/aromatic N) is 3. The smallest absolute Gasteiger partial charge is 0.211 e. The van der Waals surface area contributed by atoms with Gasteiger partial charge in [0.05, 0.1) is 23.5 Å². The van der Waals surface area contributed by atoms with Crippen molar-refractivity contribution in [1.82, 2.24) is 0 Å². The molecule has 9 rings (SSSR count). The molecule has 0 amide bonds. The molecule has 0 N–H and O–H groups in total. The average Bonchev–Trinajstić information content (AvgIpc) is 3.71. The normalized spacial score (nSPS) is 25.6. The average molecular weight is 659 g/mol. The Bertz CT molecular complexity index is 2750. The highest BCUT2D eigenvalue weighted by Crippen LogP contribution is 2.48. The molecule has 0 saturated heterocycles. The summed E-state index contributed by atoms with van der Waals surface area (Å²) < 4.78 is 132. The molecule has 5 aromatic carbocycles. The van der Waals surface area contributed by atoms with Crippen LogP contribution in [0.3, 0.4) is 0 Å². The molecule has 2 unspecified atom stereocenters. The van der Waals surface area contributed by atoms with Crippen LogP contribution < -0.4 is 20.2 Å². The number of aryl methyl sites for hydroxylation is 3. The Hall–Kier alpha value is -4.58. The minimum Gasteiger partial charge on any atom is -0.300 e. The number of hydrogen-bond acceptors (Lipinski definition) is 4. The third-order valence-corrected chi connectivity index (χ3v) is 13.4. The quantitative estimate of drug-likeness (QED) is 0.180. The molecule has 0 aromatic heterocycles. The molecule has 0 spiro atoms. The fourth-order valence-corrected chi connectivity index (χ4v) is 11.3. The minimum atomic E-state index is -4.71. The van der Waals surface area contributed by atoms with Gasteiger partial charge in [0.15, 0.2) is 0 Å². The number of aliphatic imine (C=N–C) groups is 1. The van der Waals surface area contributed by atoms with Gasteiger partial charge in [-0.05, 0) is 100 Å². The largest absolute Gasteiger partial charge is 0.300 e. The lowest BCUT2D eigenvalue weighted by Gasteiger charge is -2.34. The number of rotatable bonds is 3. The van der Waals surface area contributed by atoms with Gasteiger partial charge in [0.2, 0.25) is 5.96 Å².